The summed E-state index contributed by atoms with van der Waals surface area (Å²) in [5, 5.41) is 6.21. The number of hydrogen-bond donors (Lipinski definition) is 2. The molecule has 1 aromatic rings. The van der Waals surface area contributed by atoms with Crippen molar-refractivity contribution < 1.29 is 4.79 Å². The van der Waals surface area contributed by atoms with Gasteiger partial charge in [-0.3, -0.25) is 4.79 Å². The normalized spacial score (nSPS) is 17.1. The first-order valence-electron chi connectivity index (χ1n) is 5.43. The van der Waals surface area contributed by atoms with E-state index < -0.39 is 0 Å². The lowest BCUT2D eigenvalue weighted by Crippen LogP contribution is -2.42. The van der Waals surface area contributed by atoms with E-state index in [9.17, 15) is 4.79 Å². The van der Waals surface area contributed by atoms with E-state index in [1.165, 1.54) is 4.88 Å². The maximum Gasteiger partial charge on any atom is 0.237 e. The van der Waals surface area contributed by atoms with Crippen LogP contribution in [-0.4, -0.2) is 18.0 Å². The van der Waals surface area contributed by atoms with Gasteiger partial charge in [0.2, 0.25) is 5.91 Å². The van der Waals surface area contributed by atoms with E-state index in [0.717, 1.165) is 23.2 Å². The van der Waals surface area contributed by atoms with E-state index in [2.05, 4.69) is 32.6 Å². The molecule has 1 atom stereocenters. The second kappa shape index (κ2) is 5.29. The van der Waals surface area contributed by atoms with Crippen molar-refractivity contribution in [1.82, 2.24) is 10.6 Å². The van der Waals surface area contributed by atoms with Crippen molar-refractivity contribution in [2.75, 3.05) is 0 Å². The summed E-state index contributed by atoms with van der Waals surface area (Å²) in [5.74, 6) is 0.109. The number of thiophene rings is 1. The molecule has 1 unspecified atom stereocenters. The van der Waals surface area contributed by atoms with Gasteiger partial charge in [-0.25, -0.2) is 0 Å². The summed E-state index contributed by atoms with van der Waals surface area (Å²) in [6.07, 6.45) is 2.27. The van der Waals surface area contributed by atoms with Gasteiger partial charge in [0.05, 0.1) is 9.83 Å². The number of halogens is 1. The molecule has 0 aliphatic heterocycles. The molecule has 0 bridgehead atoms. The van der Waals surface area contributed by atoms with Crippen LogP contribution in [0.15, 0.2) is 15.9 Å². The van der Waals surface area contributed by atoms with Crippen LogP contribution in [0.5, 0.6) is 0 Å². The Morgan fingerprint density at radius 3 is 2.94 bits per heavy atom. The highest BCUT2D eigenvalue weighted by Crippen LogP contribution is 2.22. The van der Waals surface area contributed by atoms with Crippen LogP contribution >= 0.6 is 27.3 Å². The lowest BCUT2D eigenvalue weighted by atomic mass is 10.3. The number of amides is 1. The molecule has 2 rings (SSSR count). The quantitative estimate of drug-likeness (QED) is 0.876. The second-order valence-corrected chi connectivity index (χ2v) is 6.64. The Hall–Kier alpha value is -0.390. The van der Waals surface area contributed by atoms with Gasteiger partial charge in [0.1, 0.15) is 0 Å². The predicted molar refractivity (Wildman–Crippen MR) is 69.5 cm³/mol. The number of carbonyl (C=O) groups excluding carboxylic acids is 1. The zero-order chi connectivity index (χ0) is 11.5. The summed E-state index contributed by atoms with van der Waals surface area (Å²) in [5.41, 5.74) is 0. The Morgan fingerprint density at radius 2 is 2.38 bits per heavy atom. The summed E-state index contributed by atoms with van der Waals surface area (Å²) in [6.45, 7) is 2.65. The molecule has 1 saturated carbocycles. The van der Waals surface area contributed by atoms with Crippen LogP contribution in [0.2, 0.25) is 0 Å². The maximum atomic E-state index is 11.6. The third kappa shape index (κ3) is 3.57. The summed E-state index contributed by atoms with van der Waals surface area (Å²) in [4.78, 5) is 12.9. The van der Waals surface area contributed by atoms with E-state index in [1.54, 1.807) is 11.3 Å². The minimum atomic E-state index is -0.124. The standard InChI is InChI=1S/C11H15BrN2OS/c1-7(11(15)14-8-2-3-8)13-6-9-4-5-10(12)16-9/h4-5,7-8,13H,2-3,6H2,1H3,(H,14,15). The topological polar surface area (TPSA) is 41.1 Å². The minimum Gasteiger partial charge on any atom is -0.352 e. The molecule has 5 heteroatoms. The zero-order valence-electron chi connectivity index (χ0n) is 9.13. The zero-order valence-corrected chi connectivity index (χ0v) is 11.5. The minimum absolute atomic E-state index is 0.109. The highest BCUT2D eigenvalue weighted by Gasteiger charge is 2.25. The molecule has 0 spiro atoms. The van der Waals surface area contributed by atoms with Crippen molar-refractivity contribution in [2.45, 2.75) is 38.4 Å². The molecule has 88 valence electrons. The Morgan fingerprint density at radius 1 is 1.62 bits per heavy atom. The highest BCUT2D eigenvalue weighted by atomic mass is 79.9. The number of rotatable bonds is 5. The fourth-order valence-corrected chi connectivity index (χ4v) is 2.78. The third-order valence-electron chi connectivity index (χ3n) is 2.53. The fraction of sp³-hybridized carbons (Fsp3) is 0.545. The lowest BCUT2D eigenvalue weighted by Gasteiger charge is -2.12. The molecular formula is C11H15BrN2OS. The molecule has 1 aliphatic carbocycles. The SMILES string of the molecule is CC(NCc1ccc(Br)s1)C(=O)NC1CC1. The van der Waals surface area contributed by atoms with Gasteiger partial charge in [0, 0.05) is 17.5 Å². The number of nitrogens with one attached hydrogen (secondary N) is 2. The molecule has 1 aromatic heterocycles. The van der Waals surface area contributed by atoms with Gasteiger partial charge >= 0.3 is 0 Å². The number of carbonyl (C=O) groups is 1. The molecule has 0 aromatic carbocycles. The molecule has 1 fully saturated rings. The van der Waals surface area contributed by atoms with Crippen LogP contribution in [0.3, 0.4) is 0 Å². The van der Waals surface area contributed by atoms with Crippen LogP contribution < -0.4 is 10.6 Å². The monoisotopic (exact) mass is 302 g/mol. The van der Waals surface area contributed by atoms with Crippen LogP contribution in [0.1, 0.15) is 24.6 Å². The smallest absolute Gasteiger partial charge is 0.237 e. The van der Waals surface area contributed by atoms with Crippen molar-refractivity contribution in [3.05, 3.63) is 20.8 Å². The van der Waals surface area contributed by atoms with Gasteiger partial charge < -0.3 is 10.6 Å². The molecular weight excluding hydrogens is 288 g/mol. The molecule has 2 N–H and O–H groups in total. The summed E-state index contributed by atoms with van der Waals surface area (Å²) in [7, 11) is 0. The van der Waals surface area contributed by atoms with Gasteiger partial charge in [-0.1, -0.05) is 0 Å². The van der Waals surface area contributed by atoms with Crippen molar-refractivity contribution in [1.29, 1.82) is 0 Å². The predicted octanol–water partition coefficient (Wildman–Crippen LogP) is 2.27. The first-order chi connectivity index (χ1) is 7.65. The molecule has 1 aliphatic rings. The average molecular weight is 303 g/mol. The van der Waals surface area contributed by atoms with E-state index >= 15 is 0 Å². The van der Waals surface area contributed by atoms with E-state index in [1.807, 2.05) is 13.0 Å². The van der Waals surface area contributed by atoms with Crippen molar-refractivity contribution in [3.63, 3.8) is 0 Å². The average Bonchev–Trinajstić information content (AvgIpc) is 2.96. The Balaban J connectivity index is 1.73. The van der Waals surface area contributed by atoms with Crippen LogP contribution in [0, 0.1) is 0 Å². The van der Waals surface area contributed by atoms with Gasteiger partial charge in [-0.2, -0.15) is 0 Å². The van der Waals surface area contributed by atoms with Gasteiger partial charge in [0.15, 0.2) is 0 Å². The molecule has 16 heavy (non-hydrogen) atoms. The van der Waals surface area contributed by atoms with Crippen LogP contribution in [0.4, 0.5) is 0 Å². The second-order valence-electron chi connectivity index (χ2n) is 4.09. The Labute approximate surface area is 108 Å². The van der Waals surface area contributed by atoms with Crippen LogP contribution in [0.25, 0.3) is 0 Å². The number of hydrogen-bond acceptors (Lipinski definition) is 3. The molecule has 1 amide bonds. The fourth-order valence-electron chi connectivity index (χ4n) is 1.35. The highest BCUT2D eigenvalue weighted by molar-refractivity contribution is 9.11. The Bertz CT molecular complexity index is 376. The van der Waals surface area contributed by atoms with Crippen LogP contribution in [-0.2, 0) is 11.3 Å². The van der Waals surface area contributed by atoms with E-state index in [-0.39, 0.29) is 11.9 Å². The molecule has 3 nitrogen and oxygen atoms in total. The molecule has 0 radical (unpaired) electrons. The molecule has 1 heterocycles. The lowest BCUT2D eigenvalue weighted by molar-refractivity contribution is -0.122. The first kappa shape index (κ1) is 12.1. The first-order valence-corrected chi connectivity index (χ1v) is 7.04. The van der Waals surface area contributed by atoms with E-state index in [4.69, 9.17) is 0 Å². The van der Waals surface area contributed by atoms with E-state index in [0.29, 0.717) is 6.04 Å². The Kier molecular flexibility index (Phi) is 4.00. The summed E-state index contributed by atoms with van der Waals surface area (Å²) in [6, 6.07) is 4.40. The largest absolute Gasteiger partial charge is 0.352 e. The molecule has 0 saturated heterocycles. The van der Waals surface area contributed by atoms with Gasteiger partial charge in [-0.15, -0.1) is 11.3 Å². The van der Waals surface area contributed by atoms with Crippen molar-refractivity contribution in [3.8, 4) is 0 Å². The third-order valence-corrected chi connectivity index (χ3v) is 4.15. The maximum absolute atomic E-state index is 11.6. The van der Waals surface area contributed by atoms with Crippen molar-refractivity contribution >= 4 is 33.2 Å². The van der Waals surface area contributed by atoms with Crippen molar-refractivity contribution in [2.24, 2.45) is 0 Å². The summed E-state index contributed by atoms with van der Waals surface area (Å²) >= 11 is 5.11. The summed E-state index contributed by atoms with van der Waals surface area (Å²) < 4.78 is 1.12. The van der Waals surface area contributed by atoms with Gasteiger partial charge in [-0.05, 0) is 47.8 Å². The van der Waals surface area contributed by atoms with Gasteiger partial charge in [0.25, 0.3) is 0 Å².